The molecule has 0 spiro atoms. The number of aryl methyl sites for hydroxylation is 1. The molecule has 1 unspecified atom stereocenters. The molecule has 2 aromatic carbocycles. The molecule has 11 nitrogen and oxygen atoms in total. The van der Waals surface area contributed by atoms with Crippen LogP contribution in [0.3, 0.4) is 0 Å². The van der Waals surface area contributed by atoms with Crippen molar-refractivity contribution < 1.29 is 36.8 Å². The summed E-state index contributed by atoms with van der Waals surface area (Å²) < 4.78 is 50.1. The lowest BCUT2D eigenvalue weighted by Gasteiger charge is -2.36. The van der Waals surface area contributed by atoms with Crippen molar-refractivity contribution in [3.05, 3.63) is 119 Å². The molecule has 0 aliphatic carbocycles. The van der Waals surface area contributed by atoms with Crippen molar-refractivity contribution in [2.45, 2.75) is 45.6 Å². The molecule has 0 N–H and O–H groups in total. The fourth-order valence-corrected chi connectivity index (χ4v) is 5.96. The first-order valence-corrected chi connectivity index (χ1v) is 17.3. The highest BCUT2D eigenvalue weighted by Gasteiger charge is 2.33. The Labute approximate surface area is 306 Å². The second kappa shape index (κ2) is 17.8. The van der Waals surface area contributed by atoms with Gasteiger partial charge in [0.1, 0.15) is 23.2 Å². The molecular formula is C39H43F3N6O5. The molecule has 0 saturated carbocycles. The van der Waals surface area contributed by atoms with Gasteiger partial charge < -0.3 is 28.9 Å². The zero-order valence-corrected chi connectivity index (χ0v) is 30.0. The second-order valence-electron chi connectivity index (χ2n) is 12.9. The van der Waals surface area contributed by atoms with Crippen molar-refractivity contribution >= 4 is 29.5 Å². The molecule has 280 valence electrons. The Bertz CT molecular complexity index is 1840. The number of piperazine rings is 1. The summed E-state index contributed by atoms with van der Waals surface area (Å²) >= 11 is 0. The summed E-state index contributed by atoms with van der Waals surface area (Å²) in [7, 11) is 1.65. The van der Waals surface area contributed by atoms with Crippen molar-refractivity contribution in [2.24, 2.45) is 0 Å². The van der Waals surface area contributed by atoms with Crippen molar-refractivity contribution in [3.63, 3.8) is 0 Å². The minimum Gasteiger partial charge on any atom is -0.373 e. The monoisotopic (exact) mass is 732 g/mol. The summed E-state index contributed by atoms with van der Waals surface area (Å²) in [5.74, 6) is -0.106. The van der Waals surface area contributed by atoms with Crippen LogP contribution in [0.5, 0.6) is 0 Å². The maximum absolute atomic E-state index is 14.3. The third-order valence-electron chi connectivity index (χ3n) is 8.96. The first-order chi connectivity index (χ1) is 25.4. The number of nitrogens with zero attached hydrogens (tertiary/aromatic N) is 6. The van der Waals surface area contributed by atoms with Gasteiger partial charge in [0.15, 0.2) is 0 Å². The van der Waals surface area contributed by atoms with Crippen LogP contribution in [-0.4, -0.2) is 95.0 Å². The number of aromatic nitrogens is 2. The van der Waals surface area contributed by atoms with E-state index in [1.165, 1.54) is 28.0 Å². The van der Waals surface area contributed by atoms with E-state index in [0.717, 1.165) is 29.1 Å². The lowest BCUT2D eigenvalue weighted by molar-refractivity contribution is -0.143. The van der Waals surface area contributed by atoms with Crippen LogP contribution in [0, 0.1) is 6.92 Å². The van der Waals surface area contributed by atoms with E-state index < -0.39 is 23.8 Å². The molecule has 2 aromatic heterocycles. The van der Waals surface area contributed by atoms with E-state index in [4.69, 9.17) is 9.26 Å². The predicted molar refractivity (Wildman–Crippen MR) is 192 cm³/mol. The van der Waals surface area contributed by atoms with Crippen LogP contribution in [0.1, 0.15) is 40.8 Å². The number of alkyl halides is 3. The van der Waals surface area contributed by atoms with Crippen LogP contribution in [0.25, 0.3) is 6.08 Å². The van der Waals surface area contributed by atoms with Gasteiger partial charge in [0, 0.05) is 83.7 Å². The highest BCUT2D eigenvalue weighted by atomic mass is 19.4. The Morgan fingerprint density at radius 1 is 0.981 bits per heavy atom. The molecule has 1 atom stereocenters. The van der Waals surface area contributed by atoms with E-state index >= 15 is 0 Å². The van der Waals surface area contributed by atoms with Gasteiger partial charge in [-0.25, -0.2) is 0 Å². The fourth-order valence-electron chi connectivity index (χ4n) is 5.96. The number of ether oxygens (including phenoxy) is 1. The van der Waals surface area contributed by atoms with Crippen LogP contribution in [0.2, 0.25) is 0 Å². The average molecular weight is 733 g/mol. The Morgan fingerprint density at radius 3 is 2.30 bits per heavy atom. The topological polar surface area (TPSA) is 112 Å². The number of amides is 3. The fraction of sp³-hybridized carbons (Fsp3) is 0.359. The Balaban J connectivity index is 1.38. The smallest absolute Gasteiger partial charge is 0.373 e. The summed E-state index contributed by atoms with van der Waals surface area (Å²) in [6.07, 6.45) is -0.693. The van der Waals surface area contributed by atoms with Crippen molar-refractivity contribution in [3.8, 4) is 0 Å². The van der Waals surface area contributed by atoms with E-state index in [1.54, 1.807) is 27.0 Å². The molecule has 1 saturated heterocycles. The van der Waals surface area contributed by atoms with Crippen LogP contribution < -0.4 is 4.90 Å². The maximum atomic E-state index is 14.3. The minimum absolute atomic E-state index is 0.0489. The highest BCUT2D eigenvalue weighted by Crippen LogP contribution is 2.27. The molecular weight excluding hydrogens is 689 g/mol. The van der Waals surface area contributed by atoms with Gasteiger partial charge in [0.25, 0.3) is 0 Å². The molecule has 4 aromatic rings. The van der Waals surface area contributed by atoms with E-state index in [9.17, 15) is 27.6 Å². The number of anilines is 1. The number of rotatable bonds is 14. The Kier molecular flexibility index (Phi) is 13.0. The number of likely N-dealkylation sites (N-methyl/N-ethyl adjacent to an activating group) is 1. The average Bonchev–Trinajstić information content (AvgIpc) is 3.58. The van der Waals surface area contributed by atoms with Crippen molar-refractivity contribution in [2.75, 3.05) is 51.3 Å². The van der Waals surface area contributed by atoms with E-state index in [-0.39, 0.29) is 44.5 Å². The quantitative estimate of drug-likeness (QED) is 0.125. The molecule has 14 heteroatoms. The summed E-state index contributed by atoms with van der Waals surface area (Å²) in [5, 5.41) is 3.92. The zero-order valence-electron chi connectivity index (χ0n) is 30.0. The number of carbonyl (C=O) groups excluding carboxylic acids is 3. The first kappa shape index (κ1) is 38.7. The van der Waals surface area contributed by atoms with E-state index in [2.05, 4.69) is 15.0 Å². The van der Waals surface area contributed by atoms with Gasteiger partial charge in [-0.05, 0) is 47.9 Å². The molecule has 1 fully saturated rings. The lowest BCUT2D eigenvalue weighted by atomic mass is 10.0. The van der Waals surface area contributed by atoms with Gasteiger partial charge in [-0.15, -0.1) is 0 Å². The van der Waals surface area contributed by atoms with Gasteiger partial charge in [-0.1, -0.05) is 53.7 Å². The van der Waals surface area contributed by atoms with Crippen LogP contribution in [0.4, 0.5) is 18.9 Å². The minimum atomic E-state index is -4.59. The number of halogens is 3. The maximum Gasteiger partial charge on any atom is 0.433 e. The number of hydrogen-bond acceptors (Lipinski definition) is 8. The van der Waals surface area contributed by atoms with Crippen LogP contribution >= 0.6 is 0 Å². The Hall–Kier alpha value is -5.50. The molecule has 1 aliphatic heterocycles. The highest BCUT2D eigenvalue weighted by molar-refractivity contribution is 5.95. The number of benzene rings is 2. The van der Waals surface area contributed by atoms with Gasteiger partial charge in [-0.2, -0.15) is 13.2 Å². The molecule has 3 heterocycles. The van der Waals surface area contributed by atoms with Gasteiger partial charge in [-0.3, -0.25) is 19.4 Å². The summed E-state index contributed by atoms with van der Waals surface area (Å²) in [6.45, 7) is 6.72. The summed E-state index contributed by atoms with van der Waals surface area (Å²) in [4.78, 5) is 50.7. The van der Waals surface area contributed by atoms with Crippen molar-refractivity contribution in [1.82, 2.24) is 24.8 Å². The van der Waals surface area contributed by atoms with Crippen LogP contribution in [-0.2, 0) is 44.9 Å². The van der Waals surface area contributed by atoms with Crippen LogP contribution in [0.15, 0.2) is 89.6 Å². The molecule has 3 amide bonds. The van der Waals surface area contributed by atoms with Crippen molar-refractivity contribution in [1.29, 1.82) is 0 Å². The summed E-state index contributed by atoms with van der Waals surface area (Å²) in [6, 6.07) is 20.0. The summed E-state index contributed by atoms with van der Waals surface area (Å²) in [5.41, 5.74) is 2.47. The molecule has 5 rings (SSSR count). The third-order valence-corrected chi connectivity index (χ3v) is 8.96. The number of pyridine rings is 1. The second-order valence-corrected chi connectivity index (χ2v) is 12.9. The normalized spacial score (nSPS) is 14.0. The van der Waals surface area contributed by atoms with Gasteiger partial charge in [0.05, 0.1) is 13.2 Å². The SMILES string of the molecule is CC(=O)N1CCN(c2ccc(CN(C(=O)C=Cc3ccc(C(F)(F)F)nc3)C(Cc3ccccc3)C(=O)N(C)CCOCc3cc(C)on3)cc2)CC1. The molecule has 53 heavy (non-hydrogen) atoms. The first-order valence-electron chi connectivity index (χ1n) is 17.3. The number of carbonyl (C=O) groups is 3. The lowest BCUT2D eigenvalue weighted by Crippen LogP contribution is -2.51. The molecule has 1 aliphatic rings. The largest absolute Gasteiger partial charge is 0.433 e. The van der Waals surface area contributed by atoms with Gasteiger partial charge in [0.2, 0.25) is 17.7 Å². The third kappa shape index (κ3) is 11.0. The Morgan fingerprint density at radius 2 is 1.70 bits per heavy atom. The predicted octanol–water partition coefficient (Wildman–Crippen LogP) is 5.39. The van der Waals surface area contributed by atoms with Gasteiger partial charge >= 0.3 is 6.18 Å². The zero-order chi connectivity index (χ0) is 38.0. The standard InChI is InChI=1S/C39H43F3N6O5/c1-28-23-33(44-53-28)27-52-22-21-45(3)38(51)35(24-30-7-5-4-6-8-30)48(37(50)16-12-31-11-15-36(43-25-31)39(40,41)42)26-32-9-13-34(14-10-32)47-19-17-46(18-20-47)29(2)49/h4-16,23,25,35H,17-22,24,26-27H2,1-3H3. The molecule has 0 bridgehead atoms. The molecule has 0 radical (unpaired) electrons. The number of hydrogen-bond donors (Lipinski definition) is 0. The van der Waals surface area contributed by atoms with E-state index in [0.29, 0.717) is 43.2 Å². The van der Waals surface area contributed by atoms with E-state index in [1.807, 2.05) is 59.5 Å².